The maximum absolute atomic E-state index is 12.9. The molecule has 0 aliphatic carbocycles. The Kier molecular flexibility index (Phi) is 5.88. The lowest BCUT2D eigenvalue weighted by atomic mass is 10.1. The summed E-state index contributed by atoms with van der Waals surface area (Å²) in [7, 11) is -3.02. The molecule has 8 heteroatoms. The van der Waals surface area contributed by atoms with Crippen molar-refractivity contribution in [1.29, 1.82) is 0 Å². The van der Waals surface area contributed by atoms with Gasteiger partial charge in [-0.3, -0.25) is 9.79 Å². The molecule has 0 aromatic heterocycles. The fourth-order valence-corrected chi connectivity index (χ4v) is 7.53. The number of carbonyl (C=O) groups excluding carboxylic acids is 1. The summed E-state index contributed by atoms with van der Waals surface area (Å²) in [4.78, 5) is 19.5. The van der Waals surface area contributed by atoms with Crippen molar-refractivity contribution in [1.82, 2.24) is 0 Å². The molecular weight excluding hydrogens is 418 g/mol. The summed E-state index contributed by atoms with van der Waals surface area (Å²) >= 11 is 1.46. The summed E-state index contributed by atoms with van der Waals surface area (Å²) in [5, 5.41) is 3.62. The minimum Gasteiger partial charge on any atom is -0.325 e. The van der Waals surface area contributed by atoms with Gasteiger partial charge in [-0.05, 0) is 48.7 Å². The van der Waals surface area contributed by atoms with Gasteiger partial charge in [0.1, 0.15) is 6.54 Å². The molecule has 4 rings (SSSR count). The molecule has 2 aliphatic heterocycles. The number of nitrogens with one attached hydrogen (secondary N) is 1. The average Bonchev–Trinajstić information content (AvgIpc) is 3.19. The third-order valence-electron chi connectivity index (χ3n) is 5.27. The minimum absolute atomic E-state index is 0.0680. The number of carbonyl (C=O) groups is 1. The summed E-state index contributed by atoms with van der Waals surface area (Å²) < 4.78 is 23.8. The van der Waals surface area contributed by atoms with Crippen molar-refractivity contribution >= 4 is 44.0 Å². The van der Waals surface area contributed by atoms with Crippen molar-refractivity contribution in [3.05, 3.63) is 59.7 Å². The predicted molar refractivity (Wildman–Crippen MR) is 124 cm³/mol. The van der Waals surface area contributed by atoms with Crippen molar-refractivity contribution in [2.45, 2.75) is 31.6 Å². The van der Waals surface area contributed by atoms with Crippen LogP contribution in [0.1, 0.15) is 18.1 Å². The van der Waals surface area contributed by atoms with Crippen LogP contribution in [0.5, 0.6) is 0 Å². The molecule has 2 aromatic rings. The molecule has 1 saturated heterocycles. The highest BCUT2D eigenvalue weighted by molar-refractivity contribution is 8.15. The van der Waals surface area contributed by atoms with Crippen LogP contribution in [0.2, 0.25) is 0 Å². The number of aryl methyl sites for hydroxylation is 2. The number of benzene rings is 2. The predicted octanol–water partition coefficient (Wildman–Crippen LogP) is 3.27. The van der Waals surface area contributed by atoms with Gasteiger partial charge in [-0.15, -0.1) is 0 Å². The lowest BCUT2D eigenvalue weighted by molar-refractivity contribution is -0.114. The molecule has 30 heavy (non-hydrogen) atoms. The van der Waals surface area contributed by atoms with Crippen LogP contribution in [-0.2, 0) is 21.1 Å². The number of fused-ring (bicyclic) bond motifs is 1. The summed E-state index contributed by atoms with van der Waals surface area (Å²) in [6.07, 6.45) is 0.901. The molecule has 2 heterocycles. The number of nitrogens with zero attached hydrogens (tertiary/aromatic N) is 2. The van der Waals surface area contributed by atoms with Crippen molar-refractivity contribution < 1.29 is 13.2 Å². The van der Waals surface area contributed by atoms with E-state index < -0.39 is 9.84 Å². The average molecular weight is 444 g/mol. The van der Waals surface area contributed by atoms with Gasteiger partial charge in [-0.1, -0.05) is 43.0 Å². The fraction of sp³-hybridized carbons (Fsp3) is 0.364. The Morgan fingerprint density at radius 2 is 2.00 bits per heavy atom. The van der Waals surface area contributed by atoms with Crippen molar-refractivity contribution in [2.24, 2.45) is 4.99 Å². The lowest BCUT2D eigenvalue weighted by Gasteiger charge is -2.24. The molecular formula is C22H25N3O3S2. The standard InChI is InChI=1S/C22H25N3O3S2/c1-3-16-7-5-8-17(11-16)23-21(26)12-25(18-9-4-6-15(2)10-18)22-24-19-13-30(27,28)14-20(19)29-22/h4-11,19-20H,3,12-14H2,1-2H3,(H,23,26)/t19-,20+/m1/s1. The molecule has 1 amide bonds. The van der Waals surface area contributed by atoms with Gasteiger partial charge in [0, 0.05) is 16.6 Å². The Bertz CT molecular complexity index is 1100. The van der Waals surface area contributed by atoms with E-state index in [-0.39, 0.29) is 35.2 Å². The zero-order valence-corrected chi connectivity index (χ0v) is 18.7. The second kappa shape index (κ2) is 8.43. The second-order valence-electron chi connectivity index (χ2n) is 7.74. The van der Waals surface area contributed by atoms with Crippen LogP contribution in [0.3, 0.4) is 0 Å². The monoisotopic (exact) mass is 443 g/mol. The molecule has 6 nitrogen and oxygen atoms in total. The lowest BCUT2D eigenvalue weighted by Crippen LogP contribution is -2.36. The van der Waals surface area contributed by atoms with Gasteiger partial charge in [0.15, 0.2) is 15.0 Å². The van der Waals surface area contributed by atoms with E-state index in [0.717, 1.165) is 28.9 Å². The van der Waals surface area contributed by atoms with Gasteiger partial charge >= 0.3 is 0 Å². The van der Waals surface area contributed by atoms with E-state index in [1.165, 1.54) is 11.8 Å². The third-order valence-corrected chi connectivity index (χ3v) is 8.52. The molecule has 1 N–H and O–H groups in total. The van der Waals surface area contributed by atoms with Crippen molar-refractivity contribution in [3.8, 4) is 0 Å². The zero-order valence-electron chi connectivity index (χ0n) is 17.0. The van der Waals surface area contributed by atoms with Crippen LogP contribution >= 0.6 is 11.8 Å². The molecule has 0 unspecified atom stereocenters. The number of hydrogen-bond acceptors (Lipinski definition) is 6. The van der Waals surface area contributed by atoms with E-state index in [4.69, 9.17) is 0 Å². The maximum atomic E-state index is 12.9. The molecule has 0 bridgehead atoms. The number of amidine groups is 1. The first-order valence-electron chi connectivity index (χ1n) is 10.0. The Morgan fingerprint density at radius 3 is 2.73 bits per heavy atom. The summed E-state index contributed by atoms with van der Waals surface area (Å²) in [6, 6.07) is 15.5. The normalized spacial score (nSPS) is 21.7. The number of hydrogen-bond donors (Lipinski definition) is 1. The Labute approximate surface area is 181 Å². The highest BCUT2D eigenvalue weighted by atomic mass is 32.2. The zero-order chi connectivity index (χ0) is 21.3. The molecule has 158 valence electrons. The smallest absolute Gasteiger partial charge is 0.244 e. The van der Waals surface area contributed by atoms with Gasteiger partial charge in [-0.25, -0.2) is 8.42 Å². The highest BCUT2D eigenvalue weighted by Crippen LogP contribution is 2.36. The van der Waals surface area contributed by atoms with Gasteiger partial charge in [0.25, 0.3) is 0 Å². The molecule has 0 spiro atoms. The number of rotatable bonds is 5. The molecule has 2 aromatic carbocycles. The van der Waals surface area contributed by atoms with E-state index in [2.05, 4.69) is 17.2 Å². The van der Waals surface area contributed by atoms with Gasteiger partial charge < -0.3 is 10.2 Å². The van der Waals surface area contributed by atoms with Crippen LogP contribution in [-0.4, -0.2) is 48.8 Å². The van der Waals surface area contributed by atoms with Crippen molar-refractivity contribution in [2.75, 3.05) is 28.3 Å². The largest absolute Gasteiger partial charge is 0.325 e. The Morgan fingerprint density at radius 1 is 1.20 bits per heavy atom. The van der Waals surface area contributed by atoms with Crippen LogP contribution in [0.25, 0.3) is 0 Å². The van der Waals surface area contributed by atoms with Gasteiger partial charge in [0.2, 0.25) is 5.91 Å². The summed E-state index contributed by atoms with van der Waals surface area (Å²) in [5.74, 6) is 0.0940. The Hall–Kier alpha value is -2.32. The minimum atomic E-state index is -3.02. The topological polar surface area (TPSA) is 78.8 Å². The number of aliphatic imine (C=N–C) groups is 1. The SMILES string of the molecule is CCc1cccc(NC(=O)CN(C2=N[C@@H]3CS(=O)(=O)C[C@@H]3S2)c2cccc(C)c2)c1. The molecule has 0 saturated carbocycles. The molecule has 2 atom stereocenters. The molecule has 1 fully saturated rings. The number of amides is 1. The van der Waals surface area contributed by atoms with Crippen LogP contribution < -0.4 is 10.2 Å². The first kappa shape index (κ1) is 20.9. The second-order valence-corrected chi connectivity index (χ2v) is 11.1. The summed E-state index contributed by atoms with van der Waals surface area (Å²) in [5.41, 5.74) is 3.89. The van der Waals surface area contributed by atoms with Crippen LogP contribution in [0.15, 0.2) is 53.5 Å². The highest BCUT2D eigenvalue weighted by Gasteiger charge is 2.44. The number of sulfone groups is 1. The quantitative estimate of drug-likeness (QED) is 0.767. The van der Waals surface area contributed by atoms with Gasteiger partial charge in [0.05, 0.1) is 17.5 Å². The Balaban J connectivity index is 1.56. The number of thioether (sulfide) groups is 1. The van der Waals surface area contributed by atoms with Crippen LogP contribution in [0.4, 0.5) is 11.4 Å². The first-order chi connectivity index (χ1) is 14.3. The molecule has 2 aliphatic rings. The maximum Gasteiger partial charge on any atom is 0.244 e. The number of anilines is 2. The van der Waals surface area contributed by atoms with Gasteiger partial charge in [-0.2, -0.15) is 0 Å². The van der Waals surface area contributed by atoms with Crippen LogP contribution in [0, 0.1) is 6.92 Å². The van der Waals surface area contributed by atoms with E-state index in [9.17, 15) is 13.2 Å². The third kappa shape index (κ3) is 4.70. The first-order valence-corrected chi connectivity index (χ1v) is 12.7. The van der Waals surface area contributed by atoms with E-state index in [1.807, 2.05) is 60.4 Å². The summed E-state index contributed by atoms with van der Waals surface area (Å²) in [6.45, 7) is 4.19. The van der Waals surface area contributed by atoms with E-state index in [0.29, 0.717) is 5.17 Å². The van der Waals surface area contributed by atoms with Crippen molar-refractivity contribution in [3.63, 3.8) is 0 Å². The van der Waals surface area contributed by atoms with E-state index in [1.54, 1.807) is 0 Å². The fourth-order valence-electron chi connectivity index (χ4n) is 3.75. The van der Waals surface area contributed by atoms with E-state index >= 15 is 0 Å². The molecule has 0 radical (unpaired) electrons.